The van der Waals surface area contributed by atoms with Gasteiger partial charge in [0.2, 0.25) is 10.0 Å². The Morgan fingerprint density at radius 1 is 1.14 bits per heavy atom. The van der Waals surface area contributed by atoms with Gasteiger partial charge in [-0.05, 0) is 62.4 Å². The lowest BCUT2D eigenvalue weighted by atomic mass is 9.95. The first-order valence-corrected chi connectivity index (χ1v) is 11.7. The summed E-state index contributed by atoms with van der Waals surface area (Å²) in [5, 5.41) is 3.34. The second kappa shape index (κ2) is 8.32. The molecule has 0 saturated carbocycles. The zero-order valence-corrected chi connectivity index (χ0v) is 17.3. The van der Waals surface area contributed by atoms with Crippen molar-refractivity contribution in [3.05, 3.63) is 45.8 Å². The van der Waals surface area contributed by atoms with Crippen LogP contribution in [0.3, 0.4) is 0 Å². The van der Waals surface area contributed by atoms with Crippen molar-refractivity contribution in [1.29, 1.82) is 0 Å². The molecule has 3 rings (SSSR count). The third-order valence-corrected chi connectivity index (χ3v) is 6.14. The van der Waals surface area contributed by atoms with Gasteiger partial charge in [0.15, 0.2) is 0 Å². The van der Waals surface area contributed by atoms with E-state index in [0.717, 1.165) is 42.4 Å². The molecule has 0 bridgehead atoms. The number of nitrogens with one attached hydrogen (secondary N) is 2. The zero-order valence-electron chi connectivity index (χ0n) is 15.7. The Kier molecular flexibility index (Phi) is 6.04. The van der Waals surface area contributed by atoms with E-state index in [0.29, 0.717) is 21.8 Å². The molecule has 1 amide bonds. The first-order chi connectivity index (χ1) is 13.3. The van der Waals surface area contributed by atoms with Crippen molar-refractivity contribution < 1.29 is 22.7 Å². The molecule has 28 heavy (non-hydrogen) atoms. The molecule has 2 N–H and O–H groups in total. The molecule has 0 saturated heterocycles. The number of sulfonamides is 1. The van der Waals surface area contributed by atoms with Gasteiger partial charge >= 0.3 is 5.97 Å². The Bertz CT molecular complexity index is 994. The summed E-state index contributed by atoms with van der Waals surface area (Å²) in [6, 6.07) is 6.09. The number of rotatable bonds is 6. The van der Waals surface area contributed by atoms with Gasteiger partial charge in [-0.25, -0.2) is 13.2 Å². The number of hydrogen-bond acceptors (Lipinski definition) is 6. The van der Waals surface area contributed by atoms with Gasteiger partial charge in [0.25, 0.3) is 5.91 Å². The molecule has 0 radical (unpaired) electrons. The molecule has 150 valence electrons. The van der Waals surface area contributed by atoms with E-state index in [1.165, 1.54) is 35.6 Å². The van der Waals surface area contributed by atoms with Crippen molar-refractivity contribution >= 4 is 43.9 Å². The topological polar surface area (TPSA) is 102 Å². The zero-order chi connectivity index (χ0) is 20.3. The highest BCUT2D eigenvalue weighted by Crippen LogP contribution is 2.38. The van der Waals surface area contributed by atoms with Crippen LogP contribution in [0.4, 0.5) is 10.7 Å². The minimum Gasteiger partial charge on any atom is -0.462 e. The average molecular weight is 423 g/mol. The molecular weight excluding hydrogens is 400 g/mol. The van der Waals surface area contributed by atoms with E-state index in [-0.39, 0.29) is 12.5 Å². The van der Waals surface area contributed by atoms with Crippen LogP contribution in [0, 0.1) is 0 Å². The number of aryl methyl sites for hydroxylation is 1. The SMILES string of the molecule is CCOC(=O)c1c(NC(=O)c2ccc(NS(C)(=O)=O)cc2)sc2c1CCCC2. The summed E-state index contributed by atoms with van der Waals surface area (Å²) in [5.74, 6) is -0.778. The smallest absolute Gasteiger partial charge is 0.341 e. The van der Waals surface area contributed by atoms with Crippen LogP contribution < -0.4 is 10.0 Å². The Balaban J connectivity index is 1.84. The van der Waals surface area contributed by atoms with Crippen LogP contribution in [0.5, 0.6) is 0 Å². The Hall–Kier alpha value is -2.39. The fourth-order valence-electron chi connectivity index (χ4n) is 3.15. The predicted molar refractivity (Wildman–Crippen MR) is 110 cm³/mol. The van der Waals surface area contributed by atoms with E-state index in [4.69, 9.17) is 4.74 Å². The number of benzene rings is 1. The average Bonchev–Trinajstić information content (AvgIpc) is 2.99. The minimum absolute atomic E-state index is 0.269. The van der Waals surface area contributed by atoms with Crippen molar-refractivity contribution in [1.82, 2.24) is 0 Å². The van der Waals surface area contributed by atoms with Crippen molar-refractivity contribution in [3.8, 4) is 0 Å². The number of hydrogen-bond donors (Lipinski definition) is 2. The maximum Gasteiger partial charge on any atom is 0.341 e. The molecule has 1 aliphatic rings. The van der Waals surface area contributed by atoms with Crippen LogP contribution in [0.25, 0.3) is 0 Å². The summed E-state index contributed by atoms with van der Waals surface area (Å²) in [4.78, 5) is 26.2. The third-order valence-electron chi connectivity index (χ3n) is 4.33. The molecule has 0 aliphatic heterocycles. The predicted octanol–water partition coefficient (Wildman–Crippen LogP) is 3.43. The molecular formula is C19H22N2O5S2. The molecule has 9 heteroatoms. The van der Waals surface area contributed by atoms with E-state index < -0.39 is 16.0 Å². The number of amides is 1. The summed E-state index contributed by atoms with van der Waals surface area (Å²) in [6.45, 7) is 2.02. The summed E-state index contributed by atoms with van der Waals surface area (Å²) in [6.07, 6.45) is 4.84. The normalized spacial score (nSPS) is 13.5. The number of thiophene rings is 1. The molecule has 1 aromatic heterocycles. The molecule has 0 fully saturated rings. The number of esters is 1. The summed E-state index contributed by atoms with van der Waals surface area (Å²) in [5.41, 5.74) is 2.18. The highest BCUT2D eigenvalue weighted by atomic mass is 32.2. The number of ether oxygens (including phenoxy) is 1. The molecule has 0 atom stereocenters. The Morgan fingerprint density at radius 2 is 1.82 bits per heavy atom. The van der Waals surface area contributed by atoms with Crippen LogP contribution in [0.1, 0.15) is 50.9 Å². The lowest BCUT2D eigenvalue weighted by molar-refractivity contribution is 0.0526. The number of anilines is 2. The molecule has 0 unspecified atom stereocenters. The van der Waals surface area contributed by atoms with Crippen LogP contribution >= 0.6 is 11.3 Å². The van der Waals surface area contributed by atoms with Gasteiger partial charge in [-0.15, -0.1) is 11.3 Å². The number of carbonyl (C=O) groups excluding carboxylic acids is 2. The van der Waals surface area contributed by atoms with Crippen LogP contribution in [-0.4, -0.2) is 33.2 Å². The monoisotopic (exact) mass is 422 g/mol. The lowest BCUT2D eigenvalue weighted by Crippen LogP contribution is -2.16. The fraction of sp³-hybridized carbons (Fsp3) is 0.368. The van der Waals surface area contributed by atoms with Gasteiger partial charge in [0, 0.05) is 16.1 Å². The first-order valence-electron chi connectivity index (χ1n) is 8.99. The van der Waals surface area contributed by atoms with E-state index in [9.17, 15) is 18.0 Å². The van der Waals surface area contributed by atoms with Gasteiger partial charge in [-0.3, -0.25) is 9.52 Å². The van der Waals surface area contributed by atoms with E-state index in [1.807, 2.05) is 0 Å². The van der Waals surface area contributed by atoms with Crippen molar-refractivity contribution in [2.24, 2.45) is 0 Å². The van der Waals surface area contributed by atoms with Crippen LogP contribution in [0.15, 0.2) is 24.3 Å². The van der Waals surface area contributed by atoms with Gasteiger partial charge in [0.1, 0.15) is 5.00 Å². The molecule has 1 aromatic carbocycles. The molecule has 1 heterocycles. The highest BCUT2D eigenvalue weighted by Gasteiger charge is 2.27. The van der Waals surface area contributed by atoms with Crippen LogP contribution in [0.2, 0.25) is 0 Å². The van der Waals surface area contributed by atoms with E-state index in [2.05, 4.69) is 10.0 Å². The van der Waals surface area contributed by atoms with Crippen molar-refractivity contribution in [2.45, 2.75) is 32.6 Å². The minimum atomic E-state index is -3.38. The quantitative estimate of drug-likeness (QED) is 0.695. The Morgan fingerprint density at radius 3 is 2.46 bits per heavy atom. The maximum atomic E-state index is 12.7. The highest BCUT2D eigenvalue weighted by molar-refractivity contribution is 7.92. The molecule has 2 aromatic rings. The van der Waals surface area contributed by atoms with Gasteiger partial charge in [0.05, 0.1) is 18.4 Å². The summed E-state index contributed by atoms with van der Waals surface area (Å²) in [7, 11) is -3.38. The molecule has 7 nitrogen and oxygen atoms in total. The van der Waals surface area contributed by atoms with Crippen LogP contribution in [-0.2, 0) is 27.6 Å². The molecule has 0 spiro atoms. The lowest BCUT2D eigenvalue weighted by Gasteiger charge is -2.12. The van der Waals surface area contributed by atoms with Gasteiger partial charge in [-0.1, -0.05) is 0 Å². The van der Waals surface area contributed by atoms with Gasteiger partial charge in [-0.2, -0.15) is 0 Å². The second-order valence-corrected chi connectivity index (χ2v) is 9.39. The van der Waals surface area contributed by atoms with E-state index in [1.54, 1.807) is 6.92 Å². The standard InChI is InChI=1S/C19H22N2O5S2/c1-3-26-19(23)16-14-6-4-5-7-15(14)27-18(16)20-17(22)12-8-10-13(11-9-12)21-28(2,24)25/h8-11,21H,3-7H2,1-2H3,(H,20,22). The Labute approximate surface area is 168 Å². The van der Waals surface area contributed by atoms with Crippen molar-refractivity contribution in [3.63, 3.8) is 0 Å². The number of carbonyl (C=O) groups is 2. The summed E-state index contributed by atoms with van der Waals surface area (Å²) < 4.78 is 30.1. The van der Waals surface area contributed by atoms with E-state index >= 15 is 0 Å². The summed E-state index contributed by atoms with van der Waals surface area (Å²) >= 11 is 1.43. The van der Waals surface area contributed by atoms with Crippen molar-refractivity contribution in [2.75, 3.05) is 22.9 Å². The van der Waals surface area contributed by atoms with Gasteiger partial charge < -0.3 is 10.1 Å². The third kappa shape index (κ3) is 4.71. The molecule has 1 aliphatic carbocycles. The largest absolute Gasteiger partial charge is 0.462 e. The first kappa shape index (κ1) is 20.3. The fourth-order valence-corrected chi connectivity index (χ4v) is 4.99. The maximum absolute atomic E-state index is 12.7. The second-order valence-electron chi connectivity index (χ2n) is 6.54. The number of fused-ring (bicyclic) bond motifs is 1.